The number of hydrogen-bond acceptors (Lipinski definition) is 2. The Labute approximate surface area is 119 Å². The van der Waals surface area contributed by atoms with Gasteiger partial charge in [0.2, 0.25) is 0 Å². The molecule has 1 aromatic carbocycles. The van der Waals surface area contributed by atoms with Crippen LogP contribution in [-0.2, 0) is 5.41 Å². The van der Waals surface area contributed by atoms with Gasteiger partial charge in [0.1, 0.15) is 5.75 Å². The van der Waals surface area contributed by atoms with Crippen molar-refractivity contribution in [3.8, 4) is 5.75 Å². The van der Waals surface area contributed by atoms with E-state index in [1.807, 2.05) is 12.1 Å². The zero-order valence-corrected chi connectivity index (χ0v) is 11.8. The molecule has 1 heterocycles. The lowest BCUT2D eigenvalue weighted by Gasteiger charge is -2.18. The summed E-state index contributed by atoms with van der Waals surface area (Å²) in [7, 11) is 0. The Morgan fingerprint density at radius 3 is 2.85 bits per heavy atom. The van der Waals surface area contributed by atoms with Crippen LogP contribution in [0.2, 0.25) is 0 Å². The zero-order chi connectivity index (χ0) is 14.2. The van der Waals surface area contributed by atoms with Crippen molar-refractivity contribution < 1.29 is 14.6 Å². The molecule has 2 aliphatic rings. The van der Waals surface area contributed by atoms with Crippen LogP contribution >= 0.6 is 0 Å². The summed E-state index contributed by atoms with van der Waals surface area (Å²) in [5.74, 6) is 1.28. The van der Waals surface area contributed by atoms with Crippen molar-refractivity contribution in [2.75, 3.05) is 19.7 Å². The van der Waals surface area contributed by atoms with Gasteiger partial charge >= 0.3 is 6.09 Å². The molecule has 4 nitrogen and oxygen atoms in total. The summed E-state index contributed by atoms with van der Waals surface area (Å²) in [5.41, 5.74) is 1.59. The number of carbonyl (C=O) groups is 1. The van der Waals surface area contributed by atoms with Crippen molar-refractivity contribution in [1.82, 2.24) is 4.90 Å². The van der Waals surface area contributed by atoms with E-state index in [1.165, 1.54) is 23.3 Å². The molecule has 1 amide bonds. The lowest BCUT2D eigenvalue weighted by atomic mass is 9.97. The van der Waals surface area contributed by atoms with Gasteiger partial charge in [0.05, 0.1) is 6.61 Å². The molecule has 0 spiro atoms. The Bertz CT molecular complexity index is 510. The lowest BCUT2D eigenvalue weighted by Crippen LogP contribution is -2.27. The maximum absolute atomic E-state index is 10.9. The van der Waals surface area contributed by atoms with E-state index < -0.39 is 6.09 Å². The summed E-state index contributed by atoms with van der Waals surface area (Å²) in [4.78, 5) is 12.4. The number of nitrogens with zero attached hydrogens (tertiary/aromatic N) is 1. The molecule has 3 rings (SSSR count). The third-order valence-electron chi connectivity index (χ3n) is 4.57. The van der Waals surface area contributed by atoms with Crippen LogP contribution in [0.4, 0.5) is 4.79 Å². The number of amides is 1. The normalized spacial score (nSPS) is 23.6. The first-order valence-corrected chi connectivity index (χ1v) is 7.29. The predicted molar refractivity (Wildman–Crippen MR) is 76.2 cm³/mol. The second-order valence-corrected chi connectivity index (χ2v) is 6.25. The van der Waals surface area contributed by atoms with Crippen molar-refractivity contribution >= 4 is 6.09 Å². The quantitative estimate of drug-likeness (QED) is 0.918. The SMILES string of the molecule is CC1(c2ccccc2OC[C@H]2CCN(C(=O)O)C2)CC1. The fourth-order valence-electron chi connectivity index (χ4n) is 2.90. The van der Waals surface area contributed by atoms with E-state index in [2.05, 4.69) is 19.1 Å². The van der Waals surface area contributed by atoms with E-state index in [9.17, 15) is 4.79 Å². The molecule has 1 atom stereocenters. The fourth-order valence-corrected chi connectivity index (χ4v) is 2.90. The molecule has 1 N–H and O–H groups in total. The lowest BCUT2D eigenvalue weighted by molar-refractivity contribution is 0.151. The molecule has 4 heteroatoms. The molecule has 1 aromatic rings. The van der Waals surface area contributed by atoms with Gasteiger partial charge in [-0.2, -0.15) is 0 Å². The van der Waals surface area contributed by atoms with Crippen molar-refractivity contribution in [1.29, 1.82) is 0 Å². The zero-order valence-electron chi connectivity index (χ0n) is 11.8. The predicted octanol–water partition coefficient (Wildman–Crippen LogP) is 3.12. The highest BCUT2D eigenvalue weighted by Gasteiger charge is 2.41. The average molecular weight is 275 g/mol. The van der Waals surface area contributed by atoms with E-state index in [4.69, 9.17) is 9.84 Å². The van der Waals surface area contributed by atoms with Crippen molar-refractivity contribution in [2.45, 2.75) is 31.6 Å². The van der Waals surface area contributed by atoms with E-state index in [-0.39, 0.29) is 0 Å². The minimum atomic E-state index is -0.821. The van der Waals surface area contributed by atoms with Crippen LogP contribution in [0, 0.1) is 5.92 Å². The van der Waals surface area contributed by atoms with Crippen molar-refractivity contribution in [2.24, 2.45) is 5.92 Å². The minimum Gasteiger partial charge on any atom is -0.493 e. The molecular weight excluding hydrogens is 254 g/mol. The first-order valence-electron chi connectivity index (χ1n) is 7.29. The molecule has 1 saturated carbocycles. The monoisotopic (exact) mass is 275 g/mol. The van der Waals surface area contributed by atoms with Gasteiger partial charge in [-0.15, -0.1) is 0 Å². The average Bonchev–Trinajstić information content (AvgIpc) is 3.02. The van der Waals surface area contributed by atoms with Gasteiger partial charge in [-0.3, -0.25) is 0 Å². The molecule has 20 heavy (non-hydrogen) atoms. The number of carboxylic acid groups (broad SMARTS) is 1. The van der Waals surface area contributed by atoms with Gasteiger partial charge in [-0.05, 0) is 30.7 Å². The van der Waals surface area contributed by atoms with Gasteiger partial charge in [-0.25, -0.2) is 4.79 Å². The summed E-state index contributed by atoms with van der Waals surface area (Å²) < 4.78 is 6.00. The highest BCUT2D eigenvalue weighted by molar-refractivity contribution is 5.65. The Kier molecular flexibility index (Phi) is 3.32. The van der Waals surface area contributed by atoms with Crippen LogP contribution in [0.5, 0.6) is 5.75 Å². The molecule has 0 radical (unpaired) electrons. The third-order valence-corrected chi connectivity index (χ3v) is 4.57. The van der Waals surface area contributed by atoms with Gasteiger partial charge in [0, 0.05) is 24.6 Å². The number of likely N-dealkylation sites (tertiary alicyclic amines) is 1. The van der Waals surface area contributed by atoms with Crippen LogP contribution in [0.3, 0.4) is 0 Å². The van der Waals surface area contributed by atoms with Gasteiger partial charge in [0.15, 0.2) is 0 Å². The molecule has 108 valence electrons. The maximum atomic E-state index is 10.9. The third kappa shape index (κ3) is 2.60. The summed E-state index contributed by atoms with van der Waals surface area (Å²) in [6.45, 7) is 4.10. The highest BCUT2D eigenvalue weighted by atomic mass is 16.5. The number of rotatable bonds is 4. The Balaban J connectivity index is 1.61. The van der Waals surface area contributed by atoms with E-state index in [1.54, 1.807) is 0 Å². The molecule has 0 bridgehead atoms. The number of hydrogen-bond donors (Lipinski definition) is 1. The van der Waals surface area contributed by atoms with Crippen LogP contribution < -0.4 is 4.74 Å². The van der Waals surface area contributed by atoms with Crippen LogP contribution in [0.25, 0.3) is 0 Å². The topological polar surface area (TPSA) is 49.8 Å². The molecule has 2 fully saturated rings. The highest BCUT2D eigenvalue weighted by Crippen LogP contribution is 2.50. The molecule has 1 aliphatic carbocycles. The largest absolute Gasteiger partial charge is 0.493 e. The Morgan fingerprint density at radius 1 is 1.45 bits per heavy atom. The number of para-hydroxylation sites is 1. The second kappa shape index (κ2) is 5.00. The molecule has 1 aliphatic heterocycles. The first kappa shape index (κ1) is 13.3. The summed E-state index contributed by atoms with van der Waals surface area (Å²) in [6, 6.07) is 8.25. The second-order valence-electron chi connectivity index (χ2n) is 6.25. The Morgan fingerprint density at radius 2 is 2.20 bits per heavy atom. The standard InChI is InChI=1S/C16H21NO3/c1-16(7-8-16)13-4-2-3-5-14(13)20-11-12-6-9-17(10-12)15(18)19/h2-5,12H,6-11H2,1H3,(H,18,19)/t12-/m0/s1. The van der Waals surface area contributed by atoms with Gasteiger partial charge < -0.3 is 14.7 Å². The summed E-state index contributed by atoms with van der Waals surface area (Å²) >= 11 is 0. The van der Waals surface area contributed by atoms with E-state index in [0.717, 1.165) is 12.2 Å². The van der Waals surface area contributed by atoms with Crippen LogP contribution in [0.1, 0.15) is 31.7 Å². The van der Waals surface area contributed by atoms with Crippen LogP contribution in [0.15, 0.2) is 24.3 Å². The van der Waals surface area contributed by atoms with Crippen LogP contribution in [-0.4, -0.2) is 35.8 Å². The molecule has 0 aromatic heterocycles. The number of benzene rings is 1. The maximum Gasteiger partial charge on any atom is 0.407 e. The first-order chi connectivity index (χ1) is 9.58. The van der Waals surface area contributed by atoms with Crippen molar-refractivity contribution in [3.05, 3.63) is 29.8 Å². The minimum absolute atomic E-state index is 0.291. The van der Waals surface area contributed by atoms with E-state index in [0.29, 0.717) is 31.0 Å². The van der Waals surface area contributed by atoms with Crippen molar-refractivity contribution in [3.63, 3.8) is 0 Å². The molecular formula is C16H21NO3. The number of ether oxygens (including phenoxy) is 1. The summed E-state index contributed by atoms with van der Waals surface area (Å²) in [6.07, 6.45) is 2.53. The molecule has 0 unspecified atom stereocenters. The van der Waals surface area contributed by atoms with E-state index >= 15 is 0 Å². The van der Waals surface area contributed by atoms with Gasteiger partial charge in [0.25, 0.3) is 0 Å². The van der Waals surface area contributed by atoms with Gasteiger partial charge in [-0.1, -0.05) is 25.1 Å². The smallest absolute Gasteiger partial charge is 0.407 e. The summed E-state index contributed by atoms with van der Waals surface area (Å²) in [5, 5.41) is 8.96. The fraction of sp³-hybridized carbons (Fsp3) is 0.562. The Hall–Kier alpha value is -1.71. The molecule has 1 saturated heterocycles.